The quantitative estimate of drug-likeness (QED) is 0.735. The summed E-state index contributed by atoms with van der Waals surface area (Å²) in [6.07, 6.45) is -1.09. The second-order valence-corrected chi connectivity index (χ2v) is 4.78. The van der Waals surface area contributed by atoms with Crippen molar-refractivity contribution in [3.8, 4) is 0 Å². The largest absolute Gasteiger partial charge is 0.466 e. The molecule has 2 aromatic rings. The Morgan fingerprint density at radius 3 is 2.17 bits per heavy atom. The lowest BCUT2D eigenvalue weighted by molar-refractivity contribution is -0.169. The van der Waals surface area contributed by atoms with Gasteiger partial charge < -0.3 is 14.2 Å². The number of hydrogen-bond acceptors (Lipinski definition) is 5. The maximum Gasteiger partial charge on any atom is 0.351 e. The minimum absolute atomic E-state index is 0.241. The molecule has 23 heavy (non-hydrogen) atoms. The Bertz CT molecular complexity index is 624. The van der Waals surface area contributed by atoms with E-state index in [2.05, 4.69) is 4.74 Å². The first-order valence-corrected chi connectivity index (χ1v) is 7.14. The fraction of sp³-hybridized carbons (Fsp3) is 0.222. The molecule has 0 aromatic heterocycles. The average Bonchev–Trinajstić information content (AvgIpc) is 2.60. The van der Waals surface area contributed by atoms with Crippen LogP contribution in [0.25, 0.3) is 0 Å². The first-order valence-electron chi connectivity index (χ1n) is 7.14. The number of hydrogen-bond donors (Lipinski definition) is 0. The number of esters is 2. The van der Waals surface area contributed by atoms with Gasteiger partial charge in [-0.15, -0.1) is 0 Å². The van der Waals surface area contributed by atoms with E-state index in [-0.39, 0.29) is 6.61 Å². The van der Waals surface area contributed by atoms with Gasteiger partial charge in [-0.2, -0.15) is 0 Å². The molecule has 0 saturated heterocycles. The van der Waals surface area contributed by atoms with Gasteiger partial charge in [0.2, 0.25) is 6.10 Å². The Hall–Kier alpha value is -2.66. The van der Waals surface area contributed by atoms with Gasteiger partial charge >= 0.3 is 11.9 Å². The topological polar surface area (TPSA) is 61.8 Å². The van der Waals surface area contributed by atoms with Crippen molar-refractivity contribution in [3.63, 3.8) is 0 Å². The number of carbonyl (C=O) groups is 2. The predicted molar refractivity (Wildman–Crippen MR) is 83.4 cm³/mol. The zero-order valence-corrected chi connectivity index (χ0v) is 12.8. The number of rotatable bonds is 7. The van der Waals surface area contributed by atoms with Gasteiger partial charge in [-0.3, -0.25) is 0 Å². The fourth-order valence-corrected chi connectivity index (χ4v) is 1.98. The lowest BCUT2D eigenvalue weighted by Gasteiger charge is -2.16. The van der Waals surface area contributed by atoms with E-state index < -0.39 is 18.0 Å². The van der Waals surface area contributed by atoms with Gasteiger partial charge in [-0.05, 0) is 5.56 Å². The molecule has 120 valence electrons. The van der Waals surface area contributed by atoms with Crippen LogP contribution in [0.15, 0.2) is 60.7 Å². The molecule has 0 radical (unpaired) electrons. The zero-order chi connectivity index (χ0) is 16.5. The van der Waals surface area contributed by atoms with Gasteiger partial charge in [-0.1, -0.05) is 60.7 Å². The average molecular weight is 314 g/mol. The molecule has 2 aromatic carbocycles. The summed E-state index contributed by atoms with van der Waals surface area (Å²) in [5.74, 6) is -1.26. The van der Waals surface area contributed by atoms with Crippen LogP contribution >= 0.6 is 0 Å². The number of methoxy groups -OCH3 is 1. The molecule has 0 aliphatic heterocycles. The van der Waals surface area contributed by atoms with Gasteiger partial charge in [0.25, 0.3) is 0 Å². The normalized spacial score (nSPS) is 11.5. The molecular weight excluding hydrogens is 296 g/mol. The van der Waals surface area contributed by atoms with E-state index in [9.17, 15) is 9.59 Å². The standard InChI is InChI=1S/C18H18O5/c1-21-18(20)17(15-10-6-3-7-11-15)23-16(19)13-22-12-14-8-4-2-5-9-14/h2-11,17H,12-13H2,1H3/t17-/m0/s1. The van der Waals surface area contributed by atoms with E-state index >= 15 is 0 Å². The molecule has 0 N–H and O–H groups in total. The molecule has 0 heterocycles. The molecule has 0 amide bonds. The van der Waals surface area contributed by atoms with Crippen molar-refractivity contribution in [2.75, 3.05) is 13.7 Å². The summed E-state index contributed by atoms with van der Waals surface area (Å²) >= 11 is 0. The molecule has 0 unspecified atom stereocenters. The molecule has 0 aliphatic rings. The minimum Gasteiger partial charge on any atom is -0.466 e. The number of carbonyl (C=O) groups excluding carboxylic acids is 2. The van der Waals surface area contributed by atoms with Crippen molar-refractivity contribution >= 4 is 11.9 Å². The molecular formula is C18H18O5. The lowest BCUT2D eigenvalue weighted by atomic mass is 10.1. The minimum atomic E-state index is -1.09. The van der Waals surface area contributed by atoms with E-state index in [4.69, 9.17) is 9.47 Å². The molecule has 5 nitrogen and oxygen atoms in total. The third-order valence-corrected chi connectivity index (χ3v) is 3.10. The molecule has 2 rings (SSSR count). The Morgan fingerprint density at radius 2 is 1.57 bits per heavy atom. The van der Waals surface area contributed by atoms with Gasteiger partial charge in [-0.25, -0.2) is 9.59 Å². The number of benzene rings is 2. The predicted octanol–water partition coefficient (Wildman–Crippen LogP) is 2.66. The van der Waals surface area contributed by atoms with Crippen LogP contribution in [0, 0.1) is 0 Å². The Labute approximate surface area is 134 Å². The highest BCUT2D eigenvalue weighted by molar-refractivity contribution is 5.81. The maximum atomic E-state index is 11.9. The van der Waals surface area contributed by atoms with E-state index in [1.54, 1.807) is 24.3 Å². The van der Waals surface area contributed by atoms with E-state index in [1.807, 2.05) is 36.4 Å². The zero-order valence-electron chi connectivity index (χ0n) is 12.8. The van der Waals surface area contributed by atoms with Crippen LogP contribution in [0.3, 0.4) is 0 Å². The van der Waals surface area contributed by atoms with Crippen LogP contribution in [-0.2, 0) is 30.4 Å². The lowest BCUT2D eigenvalue weighted by Crippen LogP contribution is -2.23. The second-order valence-electron chi connectivity index (χ2n) is 4.78. The van der Waals surface area contributed by atoms with Crippen molar-refractivity contribution in [3.05, 3.63) is 71.8 Å². The van der Waals surface area contributed by atoms with E-state index in [0.29, 0.717) is 12.2 Å². The van der Waals surface area contributed by atoms with Crippen LogP contribution < -0.4 is 0 Å². The summed E-state index contributed by atoms with van der Waals surface area (Å²) in [5.41, 5.74) is 1.50. The Morgan fingerprint density at radius 1 is 0.957 bits per heavy atom. The van der Waals surface area contributed by atoms with Crippen molar-refractivity contribution in [1.82, 2.24) is 0 Å². The van der Waals surface area contributed by atoms with Crippen LogP contribution in [0.1, 0.15) is 17.2 Å². The monoisotopic (exact) mass is 314 g/mol. The van der Waals surface area contributed by atoms with Gasteiger partial charge in [0.1, 0.15) is 6.61 Å². The number of ether oxygens (including phenoxy) is 3. The van der Waals surface area contributed by atoms with Crippen LogP contribution in [0.4, 0.5) is 0 Å². The summed E-state index contributed by atoms with van der Waals surface area (Å²) in [6.45, 7) is 0.0550. The van der Waals surface area contributed by atoms with Gasteiger partial charge in [0.05, 0.1) is 13.7 Å². The highest BCUT2D eigenvalue weighted by Gasteiger charge is 2.25. The van der Waals surface area contributed by atoms with Gasteiger partial charge in [0.15, 0.2) is 0 Å². The highest BCUT2D eigenvalue weighted by Crippen LogP contribution is 2.19. The first kappa shape index (κ1) is 16.7. The molecule has 0 fully saturated rings. The van der Waals surface area contributed by atoms with Crippen LogP contribution in [0.5, 0.6) is 0 Å². The maximum absolute atomic E-state index is 11.9. The van der Waals surface area contributed by atoms with E-state index in [1.165, 1.54) is 7.11 Å². The SMILES string of the molecule is COC(=O)[C@@H](OC(=O)COCc1ccccc1)c1ccccc1. The third-order valence-electron chi connectivity index (χ3n) is 3.10. The van der Waals surface area contributed by atoms with E-state index in [0.717, 1.165) is 5.56 Å². The van der Waals surface area contributed by atoms with Gasteiger partial charge in [0, 0.05) is 5.56 Å². The molecule has 1 atom stereocenters. The van der Waals surface area contributed by atoms with Crippen LogP contribution in [-0.4, -0.2) is 25.7 Å². The van der Waals surface area contributed by atoms with Crippen molar-refractivity contribution in [1.29, 1.82) is 0 Å². The summed E-state index contributed by atoms with van der Waals surface area (Å²) in [5, 5.41) is 0. The Balaban J connectivity index is 1.89. The first-order chi connectivity index (χ1) is 11.2. The third kappa shape index (κ3) is 5.23. The smallest absolute Gasteiger partial charge is 0.351 e. The Kier molecular flexibility index (Phi) is 6.32. The summed E-state index contributed by atoms with van der Waals surface area (Å²) in [7, 11) is 1.25. The fourth-order valence-electron chi connectivity index (χ4n) is 1.98. The van der Waals surface area contributed by atoms with Crippen molar-refractivity contribution in [2.45, 2.75) is 12.7 Å². The molecule has 0 bridgehead atoms. The highest BCUT2D eigenvalue weighted by atomic mass is 16.6. The summed E-state index contributed by atoms with van der Waals surface area (Å²) < 4.78 is 15.2. The van der Waals surface area contributed by atoms with Crippen molar-refractivity contribution in [2.24, 2.45) is 0 Å². The molecule has 0 aliphatic carbocycles. The van der Waals surface area contributed by atoms with Crippen LogP contribution in [0.2, 0.25) is 0 Å². The molecule has 0 spiro atoms. The second kappa shape index (κ2) is 8.70. The molecule has 0 saturated carbocycles. The molecule has 5 heteroatoms. The summed E-state index contributed by atoms with van der Waals surface area (Å²) in [6, 6.07) is 18.2. The summed E-state index contributed by atoms with van der Waals surface area (Å²) in [4.78, 5) is 23.7. The van der Waals surface area contributed by atoms with Crippen molar-refractivity contribution < 1.29 is 23.8 Å².